The van der Waals surface area contributed by atoms with Crippen molar-refractivity contribution in [3.05, 3.63) is 57.9 Å². The molecule has 86 valence electrons. The Morgan fingerprint density at radius 1 is 1.41 bits per heavy atom. The average molecular weight is 228 g/mol. The van der Waals surface area contributed by atoms with Crippen molar-refractivity contribution >= 4 is 17.0 Å². The van der Waals surface area contributed by atoms with Gasteiger partial charge in [0.25, 0.3) is 0 Å². The number of pyridine rings is 1. The first-order valence-electron chi connectivity index (χ1n) is 5.41. The summed E-state index contributed by atoms with van der Waals surface area (Å²) < 4.78 is 0. The molecule has 2 aromatic rings. The molecule has 4 nitrogen and oxygen atoms in total. The van der Waals surface area contributed by atoms with Crippen molar-refractivity contribution in [1.82, 2.24) is 4.98 Å². The molecule has 17 heavy (non-hydrogen) atoms. The highest BCUT2D eigenvalue weighted by atomic mass is 16.6. The number of nitro groups is 1. The highest BCUT2D eigenvalue weighted by molar-refractivity contribution is 5.87. The molecule has 0 aliphatic carbocycles. The Bertz CT molecular complexity index is 585. The molecule has 1 aromatic carbocycles. The van der Waals surface area contributed by atoms with E-state index in [1.165, 1.54) is 0 Å². The second-order valence-electron chi connectivity index (χ2n) is 3.66. The van der Waals surface area contributed by atoms with Gasteiger partial charge in [-0.15, -0.1) is 0 Å². The molecule has 0 spiro atoms. The summed E-state index contributed by atoms with van der Waals surface area (Å²) in [5, 5.41) is 11.7. The van der Waals surface area contributed by atoms with Gasteiger partial charge in [-0.1, -0.05) is 25.1 Å². The molecule has 1 aromatic heterocycles. The third kappa shape index (κ3) is 2.30. The third-order valence-corrected chi connectivity index (χ3v) is 2.60. The van der Waals surface area contributed by atoms with E-state index in [2.05, 4.69) is 4.98 Å². The van der Waals surface area contributed by atoms with Crippen molar-refractivity contribution in [2.24, 2.45) is 0 Å². The van der Waals surface area contributed by atoms with Crippen LogP contribution in [0.15, 0.2) is 42.2 Å². The van der Waals surface area contributed by atoms with Gasteiger partial charge in [0, 0.05) is 24.1 Å². The predicted octanol–water partition coefficient (Wildman–Crippen LogP) is 3.26. The first-order chi connectivity index (χ1) is 8.22. The van der Waals surface area contributed by atoms with Gasteiger partial charge in [-0.25, -0.2) is 0 Å². The number of hydrogen-bond acceptors (Lipinski definition) is 3. The van der Waals surface area contributed by atoms with Crippen LogP contribution in [-0.4, -0.2) is 9.91 Å². The molecule has 0 radical (unpaired) electrons. The summed E-state index contributed by atoms with van der Waals surface area (Å²) in [5.41, 5.74) is 1.89. The molecule has 0 fully saturated rings. The zero-order valence-electron chi connectivity index (χ0n) is 9.46. The number of para-hydroxylation sites is 1. The van der Waals surface area contributed by atoms with Crippen LogP contribution in [0.5, 0.6) is 0 Å². The number of fused-ring (bicyclic) bond motifs is 1. The number of aromatic nitrogens is 1. The zero-order chi connectivity index (χ0) is 12.3. The molecule has 2 rings (SSSR count). The number of allylic oxidation sites excluding steroid dienone is 1. The SMILES string of the molecule is CCC(=Cc1ccnc2ccccc12)[N+](=O)[O-]. The van der Waals surface area contributed by atoms with Gasteiger partial charge in [-0.3, -0.25) is 15.1 Å². The van der Waals surface area contributed by atoms with Gasteiger partial charge in [0.05, 0.1) is 10.4 Å². The van der Waals surface area contributed by atoms with Crippen LogP contribution >= 0.6 is 0 Å². The summed E-state index contributed by atoms with van der Waals surface area (Å²) in [6.07, 6.45) is 3.69. The Balaban J connectivity index is 2.59. The molecule has 0 amide bonds. The van der Waals surface area contributed by atoms with E-state index in [9.17, 15) is 10.1 Å². The van der Waals surface area contributed by atoms with Crippen molar-refractivity contribution < 1.29 is 4.92 Å². The summed E-state index contributed by atoms with van der Waals surface area (Å²) >= 11 is 0. The van der Waals surface area contributed by atoms with Gasteiger partial charge in [-0.05, 0) is 17.7 Å². The van der Waals surface area contributed by atoms with E-state index in [1.54, 1.807) is 25.3 Å². The topological polar surface area (TPSA) is 56.0 Å². The van der Waals surface area contributed by atoms with Crippen molar-refractivity contribution in [3.63, 3.8) is 0 Å². The normalized spacial score (nSPS) is 11.7. The van der Waals surface area contributed by atoms with E-state index in [1.807, 2.05) is 24.3 Å². The third-order valence-electron chi connectivity index (χ3n) is 2.60. The number of hydrogen-bond donors (Lipinski definition) is 0. The molecule has 4 heteroatoms. The maximum atomic E-state index is 10.8. The van der Waals surface area contributed by atoms with Gasteiger partial charge in [0.1, 0.15) is 0 Å². The molecule has 0 aliphatic rings. The average Bonchev–Trinajstić information content (AvgIpc) is 2.35. The molecule has 0 atom stereocenters. The molecule has 0 N–H and O–H groups in total. The number of nitrogens with zero attached hydrogens (tertiary/aromatic N) is 2. The molecule has 0 unspecified atom stereocenters. The number of benzene rings is 1. The lowest BCUT2D eigenvalue weighted by atomic mass is 10.1. The smallest absolute Gasteiger partial charge is 0.246 e. The maximum absolute atomic E-state index is 10.8. The molecule has 1 heterocycles. The van der Waals surface area contributed by atoms with Gasteiger partial charge in [0.2, 0.25) is 5.70 Å². The van der Waals surface area contributed by atoms with Crippen LogP contribution in [-0.2, 0) is 0 Å². The van der Waals surface area contributed by atoms with Gasteiger partial charge in [-0.2, -0.15) is 0 Å². The Morgan fingerprint density at radius 3 is 2.88 bits per heavy atom. The Kier molecular flexibility index (Phi) is 3.14. The summed E-state index contributed by atoms with van der Waals surface area (Å²) in [6.45, 7) is 1.78. The standard InChI is InChI=1S/C13H12N2O2/c1-2-11(15(16)17)9-10-7-8-14-13-6-4-3-5-12(10)13/h3-9H,2H2,1H3. The second-order valence-corrected chi connectivity index (χ2v) is 3.66. The lowest BCUT2D eigenvalue weighted by Gasteiger charge is -2.01. The minimum atomic E-state index is -0.338. The highest BCUT2D eigenvalue weighted by Crippen LogP contribution is 2.19. The first-order valence-corrected chi connectivity index (χ1v) is 5.41. The van der Waals surface area contributed by atoms with Crippen molar-refractivity contribution in [2.45, 2.75) is 13.3 Å². The Labute approximate surface area is 98.8 Å². The minimum Gasteiger partial charge on any atom is -0.259 e. The summed E-state index contributed by atoms with van der Waals surface area (Å²) in [4.78, 5) is 14.7. The van der Waals surface area contributed by atoms with Crippen molar-refractivity contribution in [3.8, 4) is 0 Å². The molecular formula is C13H12N2O2. The Morgan fingerprint density at radius 2 is 2.18 bits per heavy atom. The van der Waals surface area contributed by atoms with Crippen LogP contribution in [0.2, 0.25) is 0 Å². The van der Waals surface area contributed by atoms with Crippen LogP contribution < -0.4 is 0 Å². The van der Waals surface area contributed by atoms with Gasteiger partial charge >= 0.3 is 0 Å². The summed E-state index contributed by atoms with van der Waals surface area (Å²) in [6, 6.07) is 9.41. The fraction of sp³-hybridized carbons (Fsp3) is 0.154. The van der Waals surface area contributed by atoms with Gasteiger partial charge < -0.3 is 0 Å². The lowest BCUT2D eigenvalue weighted by Crippen LogP contribution is -1.96. The van der Waals surface area contributed by atoms with E-state index in [0.29, 0.717) is 6.42 Å². The fourth-order valence-electron chi connectivity index (χ4n) is 1.71. The van der Waals surface area contributed by atoms with E-state index in [4.69, 9.17) is 0 Å². The zero-order valence-corrected chi connectivity index (χ0v) is 9.46. The van der Waals surface area contributed by atoms with Crippen LogP contribution in [0.3, 0.4) is 0 Å². The van der Waals surface area contributed by atoms with Crippen LogP contribution in [0.25, 0.3) is 17.0 Å². The van der Waals surface area contributed by atoms with E-state index in [0.717, 1.165) is 16.5 Å². The van der Waals surface area contributed by atoms with Crippen LogP contribution in [0, 0.1) is 10.1 Å². The largest absolute Gasteiger partial charge is 0.259 e. The molecule has 0 aliphatic heterocycles. The predicted molar refractivity (Wildman–Crippen MR) is 67.0 cm³/mol. The minimum absolute atomic E-state index is 0.210. The highest BCUT2D eigenvalue weighted by Gasteiger charge is 2.08. The van der Waals surface area contributed by atoms with Crippen LogP contribution in [0.4, 0.5) is 0 Å². The van der Waals surface area contributed by atoms with E-state index >= 15 is 0 Å². The monoisotopic (exact) mass is 228 g/mol. The van der Waals surface area contributed by atoms with Gasteiger partial charge in [0.15, 0.2) is 0 Å². The summed E-state index contributed by atoms with van der Waals surface area (Å²) in [5.74, 6) is 0. The second kappa shape index (κ2) is 4.74. The Hall–Kier alpha value is -2.23. The van der Waals surface area contributed by atoms with Crippen LogP contribution in [0.1, 0.15) is 18.9 Å². The summed E-state index contributed by atoms with van der Waals surface area (Å²) in [7, 11) is 0. The van der Waals surface area contributed by atoms with E-state index in [-0.39, 0.29) is 10.6 Å². The maximum Gasteiger partial charge on any atom is 0.246 e. The molecular weight excluding hydrogens is 216 g/mol. The molecule has 0 saturated carbocycles. The van der Waals surface area contributed by atoms with Crippen molar-refractivity contribution in [2.75, 3.05) is 0 Å². The van der Waals surface area contributed by atoms with E-state index < -0.39 is 0 Å². The quantitative estimate of drug-likeness (QED) is 0.598. The first kappa shape index (κ1) is 11.3. The lowest BCUT2D eigenvalue weighted by molar-refractivity contribution is -0.425. The fourth-order valence-corrected chi connectivity index (χ4v) is 1.71. The number of rotatable bonds is 3. The van der Waals surface area contributed by atoms with Crippen molar-refractivity contribution in [1.29, 1.82) is 0 Å². The molecule has 0 bridgehead atoms. The molecule has 0 saturated heterocycles.